The molecule has 0 aliphatic carbocycles. The minimum atomic E-state index is -0.329. The Morgan fingerprint density at radius 1 is 1.50 bits per heavy atom. The van der Waals surface area contributed by atoms with Crippen molar-refractivity contribution in [1.82, 2.24) is 10.6 Å². The summed E-state index contributed by atoms with van der Waals surface area (Å²) in [5.41, 5.74) is 0.887. The van der Waals surface area contributed by atoms with Crippen molar-refractivity contribution in [2.75, 3.05) is 18.8 Å². The molecule has 0 radical (unpaired) electrons. The number of thioether (sulfide) groups is 1. The van der Waals surface area contributed by atoms with Gasteiger partial charge in [0.25, 0.3) is 0 Å². The zero-order valence-corrected chi connectivity index (χ0v) is 13.5. The lowest BCUT2D eigenvalue weighted by Gasteiger charge is -2.14. The van der Waals surface area contributed by atoms with E-state index in [-0.39, 0.29) is 12.4 Å². The second-order valence-corrected chi connectivity index (χ2v) is 6.54. The molecule has 6 heteroatoms. The maximum Gasteiger partial charge on any atom is 0.191 e. The highest BCUT2D eigenvalue weighted by Gasteiger charge is 2.15. The largest absolute Gasteiger partial charge is 0.357 e. The molecule has 1 atom stereocenters. The van der Waals surface area contributed by atoms with Crippen molar-refractivity contribution >= 4 is 17.7 Å². The van der Waals surface area contributed by atoms with Gasteiger partial charge in [0.1, 0.15) is 5.82 Å². The highest BCUT2D eigenvalue weighted by molar-refractivity contribution is 8.00. The van der Waals surface area contributed by atoms with Gasteiger partial charge in [0.2, 0.25) is 0 Å². The van der Waals surface area contributed by atoms with Crippen molar-refractivity contribution in [3.05, 3.63) is 35.1 Å². The third-order valence-electron chi connectivity index (χ3n) is 3.45. The van der Waals surface area contributed by atoms with Crippen LogP contribution in [0.25, 0.3) is 0 Å². The summed E-state index contributed by atoms with van der Waals surface area (Å²) in [6.45, 7) is 3.84. The van der Waals surface area contributed by atoms with E-state index in [0.717, 1.165) is 13.1 Å². The normalized spacial score (nSPS) is 18.0. The molecular formula is C16H21FN4S. The zero-order valence-electron chi connectivity index (χ0n) is 12.7. The fraction of sp³-hybridized carbons (Fsp3) is 0.500. The van der Waals surface area contributed by atoms with Crippen LogP contribution in [0.15, 0.2) is 23.2 Å². The summed E-state index contributed by atoms with van der Waals surface area (Å²) in [6, 6.07) is 6.37. The molecule has 0 aromatic heterocycles. The van der Waals surface area contributed by atoms with Crippen molar-refractivity contribution in [2.24, 2.45) is 4.99 Å². The minimum Gasteiger partial charge on any atom is -0.357 e. The highest BCUT2D eigenvalue weighted by atomic mass is 32.2. The summed E-state index contributed by atoms with van der Waals surface area (Å²) in [5.74, 6) is 1.59. The maximum absolute atomic E-state index is 13.8. The van der Waals surface area contributed by atoms with Crippen LogP contribution in [0.4, 0.5) is 4.39 Å². The van der Waals surface area contributed by atoms with Crippen molar-refractivity contribution in [3.63, 3.8) is 0 Å². The van der Waals surface area contributed by atoms with E-state index in [0.29, 0.717) is 22.3 Å². The van der Waals surface area contributed by atoms with Gasteiger partial charge in [-0.05, 0) is 43.7 Å². The molecule has 22 heavy (non-hydrogen) atoms. The summed E-state index contributed by atoms with van der Waals surface area (Å²) in [7, 11) is 0. The van der Waals surface area contributed by atoms with Crippen LogP contribution in [0.3, 0.4) is 0 Å². The highest BCUT2D eigenvalue weighted by Crippen LogP contribution is 2.25. The first-order valence-electron chi connectivity index (χ1n) is 7.55. The number of halogens is 1. The molecule has 1 aromatic rings. The van der Waals surface area contributed by atoms with Crippen molar-refractivity contribution in [2.45, 2.75) is 31.6 Å². The van der Waals surface area contributed by atoms with Gasteiger partial charge >= 0.3 is 0 Å². The molecular weight excluding hydrogens is 299 g/mol. The second kappa shape index (κ2) is 8.64. The van der Waals surface area contributed by atoms with E-state index in [2.05, 4.69) is 15.6 Å². The average Bonchev–Trinajstić information content (AvgIpc) is 3.05. The smallest absolute Gasteiger partial charge is 0.191 e. The molecule has 4 nitrogen and oxygen atoms in total. The average molecular weight is 320 g/mol. The van der Waals surface area contributed by atoms with Gasteiger partial charge in [-0.2, -0.15) is 17.0 Å². The van der Waals surface area contributed by atoms with Crippen molar-refractivity contribution < 1.29 is 4.39 Å². The Balaban J connectivity index is 1.98. The SMILES string of the molecule is CCNC(=NCc1cc(C#N)ccc1F)NCC1CCCS1. The number of nitriles is 1. The Morgan fingerprint density at radius 3 is 3.05 bits per heavy atom. The first-order chi connectivity index (χ1) is 10.7. The fourth-order valence-electron chi connectivity index (χ4n) is 2.29. The van der Waals surface area contributed by atoms with E-state index < -0.39 is 0 Å². The molecule has 0 bridgehead atoms. The molecule has 118 valence electrons. The van der Waals surface area contributed by atoms with E-state index in [4.69, 9.17) is 5.26 Å². The lowest BCUT2D eigenvalue weighted by molar-refractivity contribution is 0.610. The summed E-state index contributed by atoms with van der Waals surface area (Å²) in [5, 5.41) is 16.0. The number of nitrogens with one attached hydrogen (secondary N) is 2. The molecule has 1 heterocycles. The first-order valence-corrected chi connectivity index (χ1v) is 8.60. The monoisotopic (exact) mass is 320 g/mol. The molecule has 1 aliphatic heterocycles. The van der Waals surface area contributed by atoms with E-state index in [1.54, 1.807) is 6.07 Å². The van der Waals surface area contributed by atoms with Gasteiger partial charge < -0.3 is 10.6 Å². The lowest BCUT2D eigenvalue weighted by Crippen LogP contribution is -2.40. The van der Waals surface area contributed by atoms with E-state index in [1.807, 2.05) is 24.8 Å². The molecule has 1 saturated heterocycles. The number of hydrogen-bond acceptors (Lipinski definition) is 3. The zero-order chi connectivity index (χ0) is 15.8. The summed E-state index contributed by atoms with van der Waals surface area (Å²) in [4.78, 5) is 4.42. The standard InChI is InChI=1S/C16H21FN4S/c1-2-19-16(21-11-14-4-3-7-22-14)20-10-13-8-12(9-18)5-6-15(13)17/h5-6,8,14H,2-4,7,10-11H2,1H3,(H2,19,20,21). The molecule has 1 unspecified atom stereocenters. The Labute approximate surface area is 135 Å². The Bertz CT molecular complexity index is 562. The van der Waals surface area contributed by atoms with E-state index in [1.165, 1.54) is 30.7 Å². The Kier molecular flexibility index (Phi) is 6.53. The van der Waals surface area contributed by atoms with Crippen LogP contribution in [0.1, 0.15) is 30.9 Å². The molecule has 1 aliphatic rings. The Hall–Kier alpha value is -1.74. The van der Waals surface area contributed by atoms with Crippen LogP contribution in [0.2, 0.25) is 0 Å². The maximum atomic E-state index is 13.8. The van der Waals surface area contributed by atoms with Crippen LogP contribution >= 0.6 is 11.8 Å². The van der Waals surface area contributed by atoms with Gasteiger partial charge in [-0.15, -0.1) is 0 Å². The predicted molar refractivity (Wildman–Crippen MR) is 89.4 cm³/mol. The van der Waals surface area contributed by atoms with Crippen LogP contribution in [-0.4, -0.2) is 30.1 Å². The number of rotatable bonds is 5. The predicted octanol–water partition coefficient (Wildman–Crippen LogP) is 2.65. The molecule has 2 N–H and O–H groups in total. The fourth-order valence-corrected chi connectivity index (χ4v) is 3.49. The number of guanidine groups is 1. The van der Waals surface area contributed by atoms with Crippen LogP contribution in [-0.2, 0) is 6.54 Å². The van der Waals surface area contributed by atoms with Gasteiger partial charge in [0.15, 0.2) is 5.96 Å². The molecule has 2 rings (SSSR count). The van der Waals surface area contributed by atoms with E-state index in [9.17, 15) is 4.39 Å². The number of benzene rings is 1. The van der Waals surface area contributed by atoms with Gasteiger partial charge in [-0.3, -0.25) is 0 Å². The van der Waals surface area contributed by atoms with Crippen LogP contribution < -0.4 is 10.6 Å². The van der Waals surface area contributed by atoms with Gasteiger partial charge in [-0.25, -0.2) is 9.38 Å². The first kappa shape index (κ1) is 16.6. The molecule has 1 aromatic carbocycles. The van der Waals surface area contributed by atoms with E-state index >= 15 is 0 Å². The molecule has 0 amide bonds. The quantitative estimate of drug-likeness (QED) is 0.647. The van der Waals surface area contributed by atoms with Crippen molar-refractivity contribution in [1.29, 1.82) is 5.26 Å². The number of aliphatic imine (C=N–C) groups is 1. The van der Waals surface area contributed by atoms with Gasteiger partial charge in [0.05, 0.1) is 18.2 Å². The summed E-state index contributed by atoms with van der Waals surface area (Å²) >= 11 is 1.98. The summed E-state index contributed by atoms with van der Waals surface area (Å²) < 4.78 is 13.8. The molecule has 0 saturated carbocycles. The topological polar surface area (TPSA) is 60.2 Å². The van der Waals surface area contributed by atoms with Gasteiger partial charge in [-0.1, -0.05) is 0 Å². The third kappa shape index (κ3) is 4.92. The van der Waals surface area contributed by atoms with Crippen LogP contribution in [0.5, 0.6) is 0 Å². The van der Waals surface area contributed by atoms with Crippen LogP contribution in [0, 0.1) is 17.1 Å². The number of hydrogen-bond donors (Lipinski definition) is 2. The minimum absolute atomic E-state index is 0.217. The third-order valence-corrected chi connectivity index (χ3v) is 4.85. The Morgan fingerprint density at radius 2 is 2.36 bits per heavy atom. The molecule has 0 spiro atoms. The second-order valence-electron chi connectivity index (χ2n) is 5.13. The number of nitrogens with zero attached hydrogens (tertiary/aromatic N) is 2. The lowest BCUT2D eigenvalue weighted by atomic mass is 10.1. The van der Waals surface area contributed by atoms with Crippen molar-refractivity contribution in [3.8, 4) is 6.07 Å². The molecule has 1 fully saturated rings. The summed E-state index contributed by atoms with van der Waals surface area (Å²) in [6.07, 6.45) is 2.51. The van der Waals surface area contributed by atoms with Gasteiger partial charge in [0, 0.05) is 23.9 Å².